The van der Waals surface area contributed by atoms with E-state index in [1.807, 2.05) is 6.92 Å². The van der Waals surface area contributed by atoms with Gasteiger partial charge in [-0.1, -0.05) is 17.7 Å². The molecule has 1 atom stereocenters. The number of hydrogen-bond acceptors (Lipinski definition) is 5. The Morgan fingerprint density at radius 2 is 2.17 bits per heavy atom. The van der Waals surface area contributed by atoms with Crippen molar-refractivity contribution in [2.75, 3.05) is 0 Å². The number of nitrogens with one attached hydrogen (secondary N) is 1. The van der Waals surface area contributed by atoms with Gasteiger partial charge in [0.25, 0.3) is 6.42 Å². The van der Waals surface area contributed by atoms with E-state index >= 15 is 0 Å². The lowest BCUT2D eigenvalue weighted by molar-refractivity contribution is -0.128. The number of hydroxylamine groups is 2. The highest BCUT2D eigenvalue weighted by Gasteiger charge is 2.28. The summed E-state index contributed by atoms with van der Waals surface area (Å²) in [6, 6.07) is 8.11. The molecule has 3 rings (SSSR count). The zero-order valence-corrected chi connectivity index (χ0v) is 12.0. The van der Waals surface area contributed by atoms with Crippen molar-refractivity contribution in [2.45, 2.75) is 13.3 Å². The first-order valence-corrected chi connectivity index (χ1v) is 6.63. The number of carbonyl (C=O) groups excluding carboxylic acids is 1. The smallest absolute Gasteiger partial charge is 0.346 e. The number of aryl methyl sites for hydroxylation is 1. The Hall–Kier alpha value is -3.32. The summed E-state index contributed by atoms with van der Waals surface area (Å²) < 4.78 is 14.2. The van der Waals surface area contributed by atoms with Crippen LogP contribution in [0.3, 0.4) is 0 Å². The molecule has 0 saturated heterocycles. The quantitative estimate of drug-likeness (QED) is 0.403. The summed E-state index contributed by atoms with van der Waals surface area (Å²) in [4.78, 5) is 26.2. The van der Waals surface area contributed by atoms with Crippen LogP contribution in [0.5, 0.6) is 0 Å². The number of rotatable bonds is 3. The maximum Gasteiger partial charge on any atom is 0.363 e. The molecule has 2 aromatic rings. The number of fused-ring (bicyclic) bond motifs is 1. The SMILES string of the molecule is Cc1ccc(C(=O)ON2C(N=[N+]=[N-])=c3cc[nH]c3=NC2F)cc1. The van der Waals surface area contributed by atoms with Crippen molar-refractivity contribution in [1.82, 2.24) is 10.0 Å². The van der Waals surface area contributed by atoms with Crippen LogP contribution in [0, 0.1) is 6.92 Å². The molecule has 2 heterocycles. The van der Waals surface area contributed by atoms with Gasteiger partial charge in [0.2, 0.25) is 0 Å². The standard InChI is InChI=1S/C14H11FN6O2/c1-8-2-4-9(5-3-8)13(22)23-21-12(19-20-16)10-6-7-17-11(10)18-14(21)15/h2-7,14H,1H3,(H,17,18). The lowest BCUT2D eigenvalue weighted by Gasteiger charge is -2.25. The van der Waals surface area contributed by atoms with Gasteiger partial charge in [-0.3, -0.25) is 0 Å². The maximum absolute atomic E-state index is 14.2. The number of H-pyrrole nitrogens is 1. The molecule has 1 aromatic carbocycles. The fourth-order valence-corrected chi connectivity index (χ4v) is 2.09. The summed E-state index contributed by atoms with van der Waals surface area (Å²) in [7, 11) is 0. The highest BCUT2D eigenvalue weighted by Crippen LogP contribution is 2.18. The van der Waals surface area contributed by atoms with Gasteiger partial charge in [-0.25, -0.2) is 9.79 Å². The second-order valence-electron chi connectivity index (χ2n) is 4.76. The molecule has 1 aromatic heterocycles. The van der Waals surface area contributed by atoms with E-state index in [0.29, 0.717) is 10.3 Å². The number of carbonyl (C=O) groups is 1. The number of halogens is 1. The van der Waals surface area contributed by atoms with Crippen LogP contribution in [0.15, 0.2) is 46.6 Å². The Kier molecular flexibility index (Phi) is 3.70. The van der Waals surface area contributed by atoms with Crippen molar-refractivity contribution in [1.29, 1.82) is 0 Å². The van der Waals surface area contributed by atoms with Crippen LogP contribution in [0.2, 0.25) is 0 Å². The molecule has 0 fully saturated rings. The summed E-state index contributed by atoms with van der Waals surface area (Å²) in [5, 5.41) is 4.31. The van der Waals surface area contributed by atoms with Gasteiger partial charge in [-0.05, 0) is 35.8 Å². The largest absolute Gasteiger partial charge is 0.363 e. The van der Waals surface area contributed by atoms with E-state index in [2.05, 4.69) is 20.0 Å². The number of aromatic nitrogens is 1. The summed E-state index contributed by atoms with van der Waals surface area (Å²) in [6.45, 7) is 1.87. The molecule has 0 radical (unpaired) electrons. The Bertz CT molecular complexity index is 913. The van der Waals surface area contributed by atoms with E-state index in [-0.39, 0.29) is 16.9 Å². The van der Waals surface area contributed by atoms with Gasteiger partial charge in [-0.2, -0.15) is 4.39 Å². The average Bonchev–Trinajstić information content (AvgIpc) is 2.99. The predicted molar refractivity (Wildman–Crippen MR) is 77.5 cm³/mol. The maximum atomic E-state index is 14.2. The van der Waals surface area contributed by atoms with Crippen LogP contribution in [0.1, 0.15) is 15.9 Å². The number of azide groups is 1. The summed E-state index contributed by atoms with van der Waals surface area (Å²) in [5.74, 6) is -0.959. The van der Waals surface area contributed by atoms with E-state index in [9.17, 15) is 9.18 Å². The fraction of sp³-hybridized carbons (Fsp3) is 0.143. The van der Waals surface area contributed by atoms with Gasteiger partial charge in [0.15, 0.2) is 5.82 Å². The third-order valence-electron chi connectivity index (χ3n) is 3.21. The molecule has 23 heavy (non-hydrogen) atoms. The molecular weight excluding hydrogens is 303 g/mol. The Morgan fingerprint density at radius 1 is 1.43 bits per heavy atom. The molecule has 1 aliphatic rings. The molecule has 0 bridgehead atoms. The molecule has 1 aliphatic heterocycles. The summed E-state index contributed by atoms with van der Waals surface area (Å²) in [5.41, 5.74) is 10.1. The third-order valence-corrected chi connectivity index (χ3v) is 3.21. The van der Waals surface area contributed by atoms with Gasteiger partial charge in [0.1, 0.15) is 5.49 Å². The van der Waals surface area contributed by atoms with Crippen LogP contribution in [0.25, 0.3) is 16.3 Å². The third kappa shape index (κ3) is 2.72. The molecule has 0 amide bonds. The van der Waals surface area contributed by atoms with E-state index in [1.54, 1.807) is 30.3 Å². The molecule has 1 unspecified atom stereocenters. The van der Waals surface area contributed by atoms with Gasteiger partial charge in [0.05, 0.1) is 5.56 Å². The molecule has 116 valence electrons. The number of aromatic amines is 1. The molecule has 8 nitrogen and oxygen atoms in total. The van der Waals surface area contributed by atoms with Crippen LogP contribution >= 0.6 is 0 Å². The van der Waals surface area contributed by atoms with Crippen molar-refractivity contribution in [3.05, 3.63) is 68.8 Å². The van der Waals surface area contributed by atoms with Crippen molar-refractivity contribution in [3.8, 4) is 0 Å². The number of benzene rings is 1. The predicted octanol–water partition coefficient (Wildman–Crippen LogP) is 1.66. The first-order chi connectivity index (χ1) is 11.1. The number of nitrogens with zero attached hydrogens (tertiary/aromatic N) is 5. The molecule has 0 saturated carbocycles. The number of alkyl halides is 1. The van der Waals surface area contributed by atoms with Gasteiger partial charge < -0.3 is 9.82 Å². The monoisotopic (exact) mass is 314 g/mol. The topological polar surface area (TPSA) is 106 Å². The van der Waals surface area contributed by atoms with Crippen molar-refractivity contribution in [3.63, 3.8) is 0 Å². The first kappa shape index (κ1) is 14.6. The summed E-state index contributed by atoms with van der Waals surface area (Å²) >= 11 is 0. The van der Waals surface area contributed by atoms with Gasteiger partial charge in [-0.15, -0.1) is 5.06 Å². The minimum atomic E-state index is -2.02. The van der Waals surface area contributed by atoms with Crippen molar-refractivity contribution < 1.29 is 14.0 Å². The van der Waals surface area contributed by atoms with Crippen molar-refractivity contribution >= 4 is 11.8 Å². The molecular formula is C14H11FN6O2. The lowest BCUT2D eigenvalue weighted by Crippen LogP contribution is -2.44. The van der Waals surface area contributed by atoms with Crippen molar-refractivity contribution in [2.24, 2.45) is 10.1 Å². The second-order valence-corrected chi connectivity index (χ2v) is 4.76. The molecule has 9 heteroatoms. The van der Waals surface area contributed by atoms with E-state index in [1.165, 1.54) is 6.20 Å². The van der Waals surface area contributed by atoms with Crippen LogP contribution in [-0.2, 0) is 4.84 Å². The first-order valence-electron chi connectivity index (χ1n) is 6.63. The molecule has 1 N–H and O–H groups in total. The zero-order chi connectivity index (χ0) is 16.4. The van der Waals surface area contributed by atoms with Crippen LogP contribution < -0.4 is 10.7 Å². The Labute approximate surface area is 129 Å². The van der Waals surface area contributed by atoms with Gasteiger partial charge in [0, 0.05) is 16.3 Å². The minimum Gasteiger partial charge on any atom is -0.346 e. The zero-order valence-electron chi connectivity index (χ0n) is 12.0. The lowest BCUT2D eigenvalue weighted by atomic mass is 10.2. The van der Waals surface area contributed by atoms with Crippen LogP contribution in [0.4, 0.5) is 4.39 Å². The number of hydrogen-bond donors (Lipinski definition) is 1. The second kappa shape index (κ2) is 5.82. The Morgan fingerprint density at radius 3 is 2.87 bits per heavy atom. The normalized spacial score (nSPS) is 16.2. The van der Waals surface area contributed by atoms with E-state index in [4.69, 9.17) is 10.4 Å². The average molecular weight is 314 g/mol. The summed E-state index contributed by atoms with van der Waals surface area (Å²) in [6.07, 6.45) is -0.505. The van der Waals surface area contributed by atoms with E-state index in [0.717, 1.165) is 5.56 Å². The highest BCUT2D eigenvalue weighted by molar-refractivity contribution is 5.89. The Balaban J connectivity index is 1.97. The van der Waals surface area contributed by atoms with Gasteiger partial charge >= 0.3 is 5.97 Å². The minimum absolute atomic E-state index is 0.174. The van der Waals surface area contributed by atoms with Crippen LogP contribution in [-0.4, -0.2) is 22.4 Å². The highest BCUT2D eigenvalue weighted by atomic mass is 19.1. The van der Waals surface area contributed by atoms with E-state index < -0.39 is 12.4 Å². The molecule has 0 spiro atoms. The fourth-order valence-electron chi connectivity index (χ4n) is 2.09. The molecule has 0 aliphatic carbocycles.